The van der Waals surface area contributed by atoms with Crippen molar-refractivity contribution in [1.82, 2.24) is 0 Å². The van der Waals surface area contributed by atoms with Crippen LogP contribution in [0.3, 0.4) is 0 Å². The first-order valence-corrected chi connectivity index (χ1v) is 7.41. The van der Waals surface area contributed by atoms with Gasteiger partial charge in [0.05, 0.1) is 6.26 Å². The zero-order chi connectivity index (χ0) is 16.8. The number of benzene rings is 1. The molecule has 2 N–H and O–H groups in total. The summed E-state index contributed by atoms with van der Waals surface area (Å²) < 4.78 is 4.79. The second kappa shape index (κ2) is 12.8. The molecule has 0 aromatic heterocycles. The number of hydrogen-bond donors (Lipinski definition) is 2. The number of aliphatic hydroxyl groups is 2. The highest BCUT2D eigenvalue weighted by molar-refractivity contribution is 5.87. The molecule has 0 atom stereocenters. The first-order chi connectivity index (χ1) is 10.5. The van der Waals surface area contributed by atoms with Gasteiger partial charge in [0.25, 0.3) is 0 Å². The van der Waals surface area contributed by atoms with Gasteiger partial charge in [0.2, 0.25) is 0 Å². The van der Waals surface area contributed by atoms with Crippen LogP contribution in [0.2, 0.25) is 0 Å². The SMILES string of the molecule is C=C(C)C(=O)O/C=C/c1ccccc1.CCCCCC(O)O. The van der Waals surface area contributed by atoms with Crippen molar-refractivity contribution in [3.63, 3.8) is 0 Å². The molecule has 0 radical (unpaired) electrons. The van der Waals surface area contributed by atoms with Gasteiger partial charge in [0.1, 0.15) is 0 Å². The van der Waals surface area contributed by atoms with Gasteiger partial charge in [-0.1, -0.05) is 56.7 Å². The maximum absolute atomic E-state index is 11.0. The second-order valence-electron chi connectivity index (χ2n) is 4.88. The maximum atomic E-state index is 11.0. The van der Waals surface area contributed by atoms with E-state index in [1.54, 1.807) is 13.0 Å². The van der Waals surface area contributed by atoms with Gasteiger partial charge in [-0.2, -0.15) is 0 Å². The Morgan fingerprint density at radius 2 is 1.91 bits per heavy atom. The third kappa shape index (κ3) is 11.9. The molecule has 0 heterocycles. The quantitative estimate of drug-likeness (QED) is 0.265. The summed E-state index contributed by atoms with van der Waals surface area (Å²) in [5, 5.41) is 16.7. The topological polar surface area (TPSA) is 66.8 Å². The lowest BCUT2D eigenvalue weighted by Gasteiger charge is -1.99. The van der Waals surface area contributed by atoms with Crippen molar-refractivity contribution in [2.45, 2.75) is 45.8 Å². The van der Waals surface area contributed by atoms with Gasteiger partial charge in [0, 0.05) is 5.57 Å². The van der Waals surface area contributed by atoms with Crippen LogP contribution in [0.1, 0.15) is 45.1 Å². The number of rotatable bonds is 7. The Hall–Kier alpha value is -1.91. The van der Waals surface area contributed by atoms with Crippen LogP contribution in [0.4, 0.5) is 0 Å². The number of unbranched alkanes of at least 4 members (excludes halogenated alkanes) is 2. The summed E-state index contributed by atoms with van der Waals surface area (Å²) in [4.78, 5) is 11.0. The number of ether oxygens (including phenoxy) is 1. The highest BCUT2D eigenvalue weighted by Gasteiger charge is 1.98. The molecule has 0 unspecified atom stereocenters. The number of carbonyl (C=O) groups is 1. The molecule has 0 amide bonds. The molecule has 0 saturated carbocycles. The monoisotopic (exact) mass is 306 g/mol. The van der Waals surface area contributed by atoms with Crippen LogP contribution in [-0.2, 0) is 9.53 Å². The maximum Gasteiger partial charge on any atom is 0.337 e. The van der Waals surface area contributed by atoms with Crippen LogP contribution in [-0.4, -0.2) is 22.5 Å². The van der Waals surface area contributed by atoms with Crippen LogP contribution in [0.15, 0.2) is 48.7 Å². The number of esters is 1. The molecule has 22 heavy (non-hydrogen) atoms. The molecule has 4 nitrogen and oxygen atoms in total. The van der Waals surface area contributed by atoms with Gasteiger partial charge >= 0.3 is 5.97 Å². The van der Waals surface area contributed by atoms with Crippen molar-refractivity contribution in [2.24, 2.45) is 0 Å². The van der Waals surface area contributed by atoms with Gasteiger partial charge in [0.15, 0.2) is 6.29 Å². The highest BCUT2D eigenvalue weighted by atomic mass is 16.5. The molecule has 0 aliphatic heterocycles. The standard InChI is InChI=1S/C12H12O2.C6H14O2/c1-10(2)12(13)14-9-8-11-6-4-3-5-7-11;1-2-3-4-5-6(7)8/h3-9H,1H2,2H3;6-8H,2-5H2,1H3/b9-8+;. The first kappa shape index (κ1) is 20.1. The molecule has 0 aliphatic rings. The van der Waals surface area contributed by atoms with E-state index in [0.717, 1.165) is 24.8 Å². The smallest absolute Gasteiger partial charge is 0.337 e. The summed E-state index contributed by atoms with van der Waals surface area (Å²) in [7, 11) is 0. The summed E-state index contributed by atoms with van der Waals surface area (Å²) in [6.45, 7) is 7.17. The van der Waals surface area contributed by atoms with Crippen molar-refractivity contribution in [3.05, 3.63) is 54.3 Å². The summed E-state index contributed by atoms with van der Waals surface area (Å²) in [5.74, 6) is -0.405. The van der Waals surface area contributed by atoms with Gasteiger partial charge in [-0.25, -0.2) is 4.79 Å². The third-order valence-corrected chi connectivity index (χ3v) is 2.65. The van der Waals surface area contributed by atoms with Crippen molar-refractivity contribution in [3.8, 4) is 0 Å². The third-order valence-electron chi connectivity index (χ3n) is 2.65. The molecular formula is C18H26O4. The Balaban J connectivity index is 0.000000472. The fraction of sp³-hybridized carbons (Fsp3) is 0.389. The lowest BCUT2D eigenvalue weighted by Crippen LogP contribution is -2.02. The Kier molecular flexibility index (Phi) is 11.7. The molecule has 4 heteroatoms. The van der Waals surface area contributed by atoms with E-state index in [0.29, 0.717) is 12.0 Å². The molecule has 0 fully saturated rings. The summed E-state index contributed by atoms with van der Waals surface area (Å²) in [5.41, 5.74) is 1.38. The molecule has 1 rings (SSSR count). The minimum absolute atomic E-state index is 0.391. The molecule has 0 spiro atoms. The van der Waals surface area contributed by atoms with Gasteiger partial charge < -0.3 is 14.9 Å². The molecule has 122 valence electrons. The largest absolute Gasteiger partial charge is 0.431 e. The van der Waals surface area contributed by atoms with E-state index in [1.165, 1.54) is 6.26 Å². The van der Waals surface area contributed by atoms with Gasteiger partial charge in [-0.05, 0) is 31.4 Å². The zero-order valence-corrected chi connectivity index (χ0v) is 13.4. The minimum Gasteiger partial charge on any atom is -0.431 e. The molecule has 1 aromatic carbocycles. The normalized spacial score (nSPS) is 10.2. The molecule has 1 aromatic rings. The molecular weight excluding hydrogens is 280 g/mol. The number of carbonyl (C=O) groups excluding carboxylic acids is 1. The highest BCUT2D eigenvalue weighted by Crippen LogP contribution is 2.02. The Bertz CT molecular complexity index is 449. The summed E-state index contributed by atoms with van der Waals surface area (Å²) in [6.07, 6.45) is 5.67. The van der Waals surface area contributed by atoms with Crippen molar-refractivity contribution >= 4 is 12.0 Å². The van der Waals surface area contributed by atoms with Crippen molar-refractivity contribution in [2.75, 3.05) is 0 Å². The lowest BCUT2D eigenvalue weighted by molar-refractivity contribution is -0.133. The first-order valence-electron chi connectivity index (χ1n) is 7.41. The van der Waals surface area contributed by atoms with E-state index in [9.17, 15) is 4.79 Å². The van der Waals surface area contributed by atoms with E-state index in [2.05, 4.69) is 13.5 Å². The van der Waals surface area contributed by atoms with E-state index in [1.807, 2.05) is 30.3 Å². The summed E-state index contributed by atoms with van der Waals surface area (Å²) in [6, 6.07) is 9.61. The predicted octanol–water partition coefficient (Wildman–Crippen LogP) is 3.65. The van der Waals surface area contributed by atoms with Crippen LogP contribution >= 0.6 is 0 Å². The summed E-state index contributed by atoms with van der Waals surface area (Å²) >= 11 is 0. The fourth-order valence-corrected chi connectivity index (χ4v) is 1.42. The van der Waals surface area contributed by atoms with Gasteiger partial charge in [-0.3, -0.25) is 0 Å². The molecule has 0 saturated heterocycles. The minimum atomic E-state index is -1.10. The molecule has 0 aliphatic carbocycles. The lowest BCUT2D eigenvalue weighted by atomic mass is 10.2. The number of hydrogen-bond acceptors (Lipinski definition) is 4. The molecule has 0 bridgehead atoms. The van der Waals surface area contributed by atoms with Crippen LogP contribution < -0.4 is 0 Å². The van der Waals surface area contributed by atoms with E-state index in [4.69, 9.17) is 14.9 Å². The Morgan fingerprint density at radius 1 is 1.27 bits per heavy atom. The van der Waals surface area contributed by atoms with E-state index in [-0.39, 0.29) is 0 Å². The average molecular weight is 306 g/mol. The van der Waals surface area contributed by atoms with Crippen LogP contribution in [0.25, 0.3) is 6.08 Å². The fourth-order valence-electron chi connectivity index (χ4n) is 1.42. The second-order valence-corrected chi connectivity index (χ2v) is 4.88. The number of aliphatic hydroxyl groups excluding tert-OH is 1. The Labute approximate surface area is 132 Å². The zero-order valence-electron chi connectivity index (χ0n) is 13.4. The average Bonchev–Trinajstić information content (AvgIpc) is 2.49. The van der Waals surface area contributed by atoms with E-state index >= 15 is 0 Å². The van der Waals surface area contributed by atoms with Crippen molar-refractivity contribution < 1.29 is 19.7 Å². The van der Waals surface area contributed by atoms with Crippen LogP contribution in [0.5, 0.6) is 0 Å². The van der Waals surface area contributed by atoms with Crippen molar-refractivity contribution in [1.29, 1.82) is 0 Å². The predicted molar refractivity (Wildman–Crippen MR) is 88.7 cm³/mol. The Morgan fingerprint density at radius 3 is 2.41 bits per heavy atom. The van der Waals surface area contributed by atoms with Gasteiger partial charge in [-0.15, -0.1) is 0 Å². The van der Waals surface area contributed by atoms with E-state index < -0.39 is 12.3 Å². The van der Waals surface area contributed by atoms with Crippen LogP contribution in [0, 0.1) is 0 Å².